The minimum absolute atomic E-state index is 0.00699. The van der Waals surface area contributed by atoms with Crippen LogP contribution in [0.25, 0.3) is 5.69 Å². The highest BCUT2D eigenvalue weighted by Gasteiger charge is 2.21. The van der Waals surface area contributed by atoms with Gasteiger partial charge in [0.05, 0.1) is 17.0 Å². The molecule has 2 atom stereocenters. The summed E-state index contributed by atoms with van der Waals surface area (Å²) in [6.45, 7) is 4.00. The van der Waals surface area contributed by atoms with E-state index in [0.29, 0.717) is 10.2 Å². The van der Waals surface area contributed by atoms with Crippen molar-refractivity contribution in [3.63, 3.8) is 0 Å². The third-order valence-corrected chi connectivity index (χ3v) is 5.64. The van der Waals surface area contributed by atoms with E-state index in [-0.39, 0.29) is 17.2 Å². The van der Waals surface area contributed by atoms with E-state index in [1.165, 1.54) is 11.8 Å². The maximum Gasteiger partial charge on any atom is 0.233 e. The summed E-state index contributed by atoms with van der Waals surface area (Å²) < 4.78 is 1.83. The van der Waals surface area contributed by atoms with E-state index in [4.69, 9.17) is 11.6 Å². The molecule has 0 saturated carbocycles. The van der Waals surface area contributed by atoms with Crippen molar-refractivity contribution in [2.75, 3.05) is 0 Å². The maximum atomic E-state index is 12.8. The van der Waals surface area contributed by atoms with E-state index in [1.807, 2.05) is 66.1 Å². The van der Waals surface area contributed by atoms with E-state index in [2.05, 4.69) is 22.4 Å². The molecular formula is C21H23ClN4OS. The summed E-state index contributed by atoms with van der Waals surface area (Å²) in [6.07, 6.45) is 3.51. The lowest BCUT2D eigenvalue weighted by Crippen LogP contribution is -2.34. The van der Waals surface area contributed by atoms with Crippen LogP contribution in [0.15, 0.2) is 66.1 Å². The lowest BCUT2D eigenvalue weighted by atomic mass is 10.0. The fraction of sp³-hybridized carbons (Fsp3) is 0.286. The highest BCUT2D eigenvalue weighted by atomic mass is 35.5. The van der Waals surface area contributed by atoms with Gasteiger partial charge in [-0.1, -0.05) is 73.1 Å². The largest absolute Gasteiger partial charge is 0.348 e. The number of rotatable bonds is 8. The second-order valence-electron chi connectivity index (χ2n) is 6.48. The number of nitrogens with zero attached hydrogens (tertiary/aromatic N) is 3. The van der Waals surface area contributed by atoms with Crippen LogP contribution in [-0.4, -0.2) is 25.9 Å². The lowest BCUT2D eigenvalue weighted by molar-refractivity contribution is -0.121. The molecule has 1 aromatic heterocycles. The first-order valence-corrected chi connectivity index (χ1v) is 10.5. The van der Waals surface area contributed by atoms with Gasteiger partial charge in [0.15, 0.2) is 5.16 Å². The zero-order valence-corrected chi connectivity index (χ0v) is 17.5. The molecular weight excluding hydrogens is 392 g/mol. The Hall–Kier alpha value is -2.31. The molecule has 5 nitrogen and oxygen atoms in total. The van der Waals surface area contributed by atoms with Crippen molar-refractivity contribution in [2.24, 2.45) is 0 Å². The van der Waals surface area contributed by atoms with Gasteiger partial charge in [0.1, 0.15) is 6.33 Å². The van der Waals surface area contributed by atoms with Gasteiger partial charge < -0.3 is 5.32 Å². The van der Waals surface area contributed by atoms with Crippen LogP contribution < -0.4 is 5.32 Å². The fourth-order valence-corrected chi connectivity index (χ4v) is 3.94. The molecule has 7 heteroatoms. The SMILES string of the molecule is CCC[C@H](NC(=O)[C@H](C)Sc1nncn1-c1cccc(Cl)c1)c1ccccc1. The maximum absolute atomic E-state index is 12.8. The summed E-state index contributed by atoms with van der Waals surface area (Å²) >= 11 is 7.47. The first kappa shape index (κ1) is 20.4. The molecule has 1 heterocycles. The molecule has 1 amide bonds. The molecule has 0 spiro atoms. The first-order valence-electron chi connectivity index (χ1n) is 9.26. The Morgan fingerprint density at radius 1 is 1.21 bits per heavy atom. The van der Waals surface area contributed by atoms with Crippen molar-refractivity contribution in [1.29, 1.82) is 0 Å². The van der Waals surface area contributed by atoms with Gasteiger partial charge in [-0.05, 0) is 37.1 Å². The lowest BCUT2D eigenvalue weighted by Gasteiger charge is -2.21. The number of nitrogens with one attached hydrogen (secondary N) is 1. The smallest absolute Gasteiger partial charge is 0.233 e. The topological polar surface area (TPSA) is 59.8 Å². The van der Waals surface area contributed by atoms with Gasteiger partial charge in [0.2, 0.25) is 5.91 Å². The number of carbonyl (C=O) groups is 1. The number of carbonyl (C=O) groups excluding carboxylic acids is 1. The Bertz CT molecular complexity index is 916. The van der Waals surface area contributed by atoms with Crippen LogP contribution in [0.1, 0.15) is 38.3 Å². The second kappa shape index (κ2) is 9.75. The fourth-order valence-electron chi connectivity index (χ4n) is 2.90. The molecule has 146 valence electrons. The quantitative estimate of drug-likeness (QED) is 0.523. The first-order chi connectivity index (χ1) is 13.6. The van der Waals surface area contributed by atoms with Crippen molar-refractivity contribution in [1.82, 2.24) is 20.1 Å². The molecule has 28 heavy (non-hydrogen) atoms. The van der Waals surface area contributed by atoms with E-state index in [0.717, 1.165) is 24.1 Å². The van der Waals surface area contributed by atoms with Gasteiger partial charge in [-0.15, -0.1) is 10.2 Å². The summed E-state index contributed by atoms with van der Waals surface area (Å²) in [6, 6.07) is 17.5. The average molecular weight is 415 g/mol. The van der Waals surface area contributed by atoms with E-state index in [1.54, 1.807) is 6.33 Å². The van der Waals surface area contributed by atoms with Crippen LogP contribution in [0.5, 0.6) is 0 Å². The minimum Gasteiger partial charge on any atom is -0.348 e. The number of amides is 1. The average Bonchev–Trinajstić information content (AvgIpc) is 3.16. The molecule has 0 aliphatic rings. The third-order valence-electron chi connectivity index (χ3n) is 4.35. The van der Waals surface area contributed by atoms with Crippen LogP contribution in [0.3, 0.4) is 0 Å². The van der Waals surface area contributed by atoms with Crippen molar-refractivity contribution >= 4 is 29.3 Å². The molecule has 0 aliphatic heterocycles. The molecule has 2 aromatic carbocycles. The minimum atomic E-state index is -0.315. The summed E-state index contributed by atoms with van der Waals surface area (Å²) in [5, 5.41) is 12.3. The summed E-state index contributed by atoms with van der Waals surface area (Å²) in [4.78, 5) is 12.8. The van der Waals surface area contributed by atoms with Gasteiger partial charge in [-0.2, -0.15) is 0 Å². The number of aromatic nitrogens is 3. The summed E-state index contributed by atoms with van der Waals surface area (Å²) in [5.74, 6) is -0.0204. The second-order valence-corrected chi connectivity index (χ2v) is 8.23. The zero-order chi connectivity index (χ0) is 19.9. The van der Waals surface area contributed by atoms with E-state index in [9.17, 15) is 4.79 Å². The molecule has 3 rings (SSSR count). The normalized spacial score (nSPS) is 13.1. The highest BCUT2D eigenvalue weighted by molar-refractivity contribution is 8.00. The molecule has 0 aliphatic carbocycles. The van der Waals surface area contributed by atoms with Crippen molar-refractivity contribution in [3.8, 4) is 5.69 Å². The number of hydrogen-bond donors (Lipinski definition) is 1. The van der Waals surface area contributed by atoms with Crippen LogP contribution in [0.4, 0.5) is 0 Å². The standard InChI is InChI=1S/C21H23ClN4OS/c1-3-8-19(16-9-5-4-6-10-16)24-20(27)15(2)28-21-25-23-14-26(21)18-12-7-11-17(22)13-18/h4-7,9-15,19H,3,8H2,1-2H3,(H,24,27)/t15-,19-/m0/s1. The predicted octanol–water partition coefficient (Wildman–Crippen LogP) is 5.06. The Labute approximate surface area is 174 Å². The van der Waals surface area contributed by atoms with Crippen LogP contribution in [0, 0.1) is 0 Å². The van der Waals surface area contributed by atoms with Crippen molar-refractivity contribution in [2.45, 2.75) is 43.1 Å². The predicted molar refractivity (Wildman–Crippen MR) is 114 cm³/mol. The molecule has 0 saturated heterocycles. The summed E-state index contributed by atoms with van der Waals surface area (Å²) in [7, 11) is 0. The van der Waals surface area contributed by atoms with Gasteiger partial charge in [0.25, 0.3) is 0 Å². The van der Waals surface area contributed by atoms with Gasteiger partial charge >= 0.3 is 0 Å². The Morgan fingerprint density at radius 3 is 2.71 bits per heavy atom. The number of benzene rings is 2. The van der Waals surface area contributed by atoms with Gasteiger partial charge in [-0.25, -0.2) is 0 Å². The van der Waals surface area contributed by atoms with Gasteiger partial charge in [-0.3, -0.25) is 9.36 Å². The highest BCUT2D eigenvalue weighted by Crippen LogP contribution is 2.26. The van der Waals surface area contributed by atoms with Crippen LogP contribution in [0.2, 0.25) is 5.02 Å². The Morgan fingerprint density at radius 2 is 2.00 bits per heavy atom. The number of hydrogen-bond acceptors (Lipinski definition) is 4. The van der Waals surface area contributed by atoms with Gasteiger partial charge in [0, 0.05) is 5.02 Å². The molecule has 1 N–H and O–H groups in total. The molecule has 0 bridgehead atoms. The molecule has 0 radical (unpaired) electrons. The number of thioether (sulfide) groups is 1. The molecule has 3 aromatic rings. The van der Waals surface area contributed by atoms with E-state index < -0.39 is 0 Å². The zero-order valence-electron chi connectivity index (χ0n) is 15.9. The van der Waals surface area contributed by atoms with Crippen LogP contribution in [-0.2, 0) is 4.79 Å². The number of halogens is 1. The monoisotopic (exact) mass is 414 g/mol. The van der Waals surface area contributed by atoms with Crippen LogP contribution >= 0.6 is 23.4 Å². The van der Waals surface area contributed by atoms with Crippen molar-refractivity contribution < 1.29 is 4.79 Å². The molecule has 0 fully saturated rings. The van der Waals surface area contributed by atoms with Crippen molar-refractivity contribution in [3.05, 3.63) is 71.5 Å². The Kier molecular flexibility index (Phi) is 7.12. The third kappa shape index (κ3) is 5.14. The molecule has 0 unspecified atom stereocenters. The summed E-state index contributed by atoms with van der Waals surface area (Å²) in [5.41, 5.74) is 1.98. The van der Waals surface area contributed by atoms with E-state index >= 15 is 0 Å². The Balaban J connectivity index is 1.70.